The molecule has 0 N–H and O–H groups in total. The van der Waals surface area contributed by atoms with Gasteiger partial charge in [0.1, 0.15) is 0 Å². The minimum atomic E-state index is -0.111. The van der Waals surface area contributed by atoms with Crippen LogP contribution in [0.15, 0.2) is 170 Å². The van der Waals surface area contributed by atoms with Gasteiger partial charge in [-0.05, 0) is 111 Å². The van der Waals surface area contributed by atoms with E-state index >= 15 is 0 Å². The van der Waals surface area contributed by atoms with Crippen molar-refractivity contribution in [3.8, 4) is 33.4 Å². The van der Waals surface area contributed by atoms with Crippen molar-refractivity contribution in [2.75, 3.05) is 4.90 Å². The molecule has 1 nitrogen and oxygen atoms in total. The molecular weight excluding hydrogens is 647 g/mol. The predicted octanol–water partition coefficient (Wildman–Crippen LogP) is 14.6. The summed E-state index contributed by atoms with van der Waals surface area (Å²) in [5, 5.41) is 5.13. The molecule has 248 valence electrons. The van der Waals surface area contributed by atoms with E-state index in [0.29, 0.717) is 0 Å². The number of rotatable bonds is 5. The van der Waals surface area contributed by atoms with Crippen LogP contribution >= 0.6 is 11.3 Å². The zero-order chi connectivity index (χ0) is 35.0. The molecule has 0 amide bonds. The zero-order valence-corrected chi connectivity index (χ0v) is 30.3. The van der Waals surface area contributed by atoms with Crippen LogP contribution in [0.25, 0.3) is 64.3 Å². The van der Waals surface area contributed by atoms with Gasteiger partial charge in [0.2, 0.25) is 0 Å². The van der Waals surface area contributed by atoms with Gasteiger partial charge in [0.05, 0.1) is 5.69 Å². The first-order valence-electron chi connectivity index (χ1n) is 18.1. The summed E-state index contributed by atoms with van der Waals surface area (Å²) >= 11 is 1.87. The largest absolute Gasteiger partial charge is 0.310 e. The Kier molecular flexibility index (Phi) is 7.00. The van der Waals surface area contributed by atoms with Gasteiger partial charge in [-0.1, -0.05) is 135 Å². The summed E-state index contributed by atoms with van der Waals surface area (Å²) in [6.45, 7) is 7.02. The monoisotopic (exact) mass is 683 g/mol. The van der Waals surface area contributed by atoms with E-state index in [1.54, 1.807) is 0 Å². The molecule has 1 aliphatic rings. The quantitative estimate of drug-likeness (QED) is 0.175. The third kappa shape index (κ3) is 4.82. The third-order valence-electron chi connectivity index (χ3n) is 11.1. The Labute approximate surface area is 309 Å². The molecule has 0 saturated heterocycles. The van der Waals surface area contributed by atoms with Crippen molar-refractivity contribution >= 4 is 59.3 Å². The van der Waals surface area contributed by atoms with E-state index in [9.17, 15) is 0 Å². The first-order chi connectivity index (χ1) is 25.4. The molecule has 0 spiro atoms. The smallest absolute Gasteiger partial charge is 0.0569 e. The average Bonchev–Trinajstić information content (AvgIpc) is 3.67. The van der Waals surface area contributed by atoms with E-state index in [-0.39, 0.29) is 5.41 Å². The molecule has 52 heavy (non-hydrogen) atoms. The molecule has 2 heteroatoms. The Bertz CT molecular complexity index is 2840. The van der Waals surface area contributed by atoms with Crippen LogP contribution in [0.2, 0.25) is 0 Å². The number of fused-ring (bicyclic) bond motifs is 7. The lowest BCUT2D eigenvalue weighted by Crippen LogP contribution is -2.17. The molecule has 0 atom stereocenters. The number of aryl methyl sites for hydroxylation is 1. The highest BCUT2D eigenvalue weighted by atomic mass is 32.1. The fourth-order valence-electron chi connectivity index (χ4n) is 8.54. The topological polar surface area (TPSA) is 3.24 Å². The minimum Gasteiger partial charge on any atom is -0.310 e. The highest BCUT2D eigenvalue weighted by Crippen LogP contribution is 2.52. The standard InChI is InChI=1S/C50H37NS/c1-32-27-37(36-22-21-33-13-7-8-16-35(33)28-36)29-44(34-14-5-4-6-15-34)49(32)51(39-24-26-43-42-18-10-12-20-47(42)52-48(43)31-39)38-23-25-41-40-17-9-11-19-45(40)50(2,3)46(41)30-38/h4-31H,1-3H3. The summed E-state index contributed by atoms with van der Waals surface area (Å²) in [6, 6.07) is 63.0. The lowest BCUT2D eigenvalue weighted by atomic mass is 9.82. The first kappa shape index (κ1) is 30.8. The number of nitrogens with zero attached hydrogens (tertiary/aromatic N) is 1. The van der Waals surface area contributed by atoms with Crippen LogP contribution in [-0.2, 0) is 5.41 Å². The summed E-state index contributed by atoms with van der Waals surface area (Å²) < 4.78 is 2.61. The maximum Gasteiger partial charge on any atom is 0.0569 e. The van der Waals surface area contributed by atoms with Crippen molar-refractivity contribution in [2.45, 2.75) is 26.2 Å². The van der Waals surface area contributed by atoms with Gasteiger partial charge in [0, 0.05) is 42.5 Å². The van der Waals surface area contributed by atoms with Crippen molar-refractivity contribution in [2.24, 2.45) is 0 Å². The number of hydrogen-bond acceptors (Lipinski definition) is 2. The molecular formula is C50H37NS. The number of anilines is 3. The van der Waals surface area contributed by atoms with Gasteiger partial charge < -0.3 is 4.90 Å². The van der Waals surface area contributed by atoms with Crippen LogP contribution < -0.4 is 4.90 Å². The fourth-order valence-corrected chi connectivity index (χ4v) is 9.68. The molecule has 0 fully saturated rings. The molecule has 1 heterocycles. The maximum atomic E-state index is 2.52. The summed E-state index contributed by atoms with van der Waals surface area (Å²) in [5.74, 6) is 0. The molecule has 0 aliphatic heterocycles. The number of benzene rings is 8. The van der Waals surface area contributed by atoms with Crippen LogP contribution in [0.5, 0.6) is 0 Å². The zero-order valence-electron chi connectivity index (χ0n) is 29.5. The molecule has 10 rings (SSSR count). The normalized spacial score (nSPS) is 13.1. The first-order valence-corrected chi connectivity index (χ1v) is 18.9. The summed E-state index contributed by atoms with van der Waals surface area (Å²) in [7, 11) is 0. The van der Waals surface area contributed by atoms with Crippen molar-refractivity contribution in [1.29, 1.82) is 0 Å². The summed E-state index contributed by atoms with van der Waals surface area (Å²) in [5.41, 5.74) is 14.9. The van der Waals surface area contributed by atoms with Gasteiger partial charge in [-0.2, -0.15) is 0 Å². The molecule has 8 aromatic carbocycles. The van der Waals surface area contributed by atoms with Crippen LogP contribution in [0.1, 0.15) is 30.5 Å². The minimum absolute atomic E-state index is 0.111. The molecule has 0 radical (unpaired) electrons. The van der Waals surface area contributed by atoms with Crippen molar-refractivity contribution in [3.05, 3.63) is 187 Å². The highest BCUT2D eigenvalue weighted by Gasteiger charge is 2.36. The average molecular weight is 684 g/mol. The predicted molar refractivity (Wildman–Crippen MR) is 225 cm³/mol. The second-order valence-corrected chi connectivity index (χ2v) is 15.7. The van der Waals surface area contributed by atoms with Gasteiger partial charge in [-0.15, -0.1) is 11.3 Å². The van der Waals surface area contributed by atoms with E-state index in [2.05, 4.69) is 196 Å². The highest BCUT2D eigenvalue weighted by molar-refractivity contribution is 7.25. The molecule has 9 aromatic rings. The molecule has 0 bridgehead atoms. The van der Waals surface area contributed by atoms with Gasteiger partial charge in [-0.25, -0.2) is 0 Å². The Morgan fingerprint density at radius 1 is 0.442 bits per heavy atom. The number of thiophene rings is 1. The van der Waals surface area contributed by atoms with Crippen LogP contribution in [0.3, 0.4) is 0 Å². The van der Waals surface area contributed by atoms with Crippen LogP contribution in [-0.4, -0.2) is 0 Å². The Balaban J connectivity index is 1.24. The Hall–Kier alpha value is -5.96. The van der Waals surface area contributed by atoms with Gasteiger partial charge >= 0.3 is 0 Å². The summed E-state index contributed by atoms with van der Waals surface area (Å²) in [4.78, 5) is 2.52. The van der Waals surface area contributed by atoms with Gasteiger partial charge in [-0.3, -0.25) is 0 Å². The SMILES string of the molecule is Cc1cc(-c2ccc3ccccc3c2)cc(-c2ccccc2)c1N(c1ccc2c(c1)C(C)(C)c1ccccc1-2)c1ccc2c(c1)sc1ccccc12. The maximum absolute atomic E-state index is 2.52. The second kappa shape index (κ2) is 11.8. The van der Waals surface area contributed by atoms with E-state index in [1.165, 1.54) is 92.4 Å². The molecule has 1 aliphatic carbocycles. The lowest BCUT2D eigenvalue weighted by molar-refractivity contribution is 0.660. The van der Waals surface area contributed by atoms with Crippen LogP contribution in [0.4, 0.5) is 17.1 Å². The van der Waals surface area contributed by atoms with E-state index in [4.69, 9.17) is 0 Å². The second-order valence-electron chi connectivity index (χ2n) is 14.6. The van der Waals surface area contributed by atoms with Crippen molar-refractivity contribution < 1.29 is 0 Å². The molecule has 1 aromatic heterocycles. The lowest BCUT2D eigenvalue weighted by Gasteiger charge is -2.31. The van der Waals surface area contributed by atoms with E-state index in [1.807, 2.05) is 11.3 Å². The molecule has 0 unspecified atom stereocenters. The van der Waals surface area contributed by atoms with E-state index < -0.39 is 0 Å². The van der Waals surface area contributed by atoms with Crippen LogP contribution in [0, 0.1) is 6.92 Å². The fraction of sp³-hybridized carbons (Fsp3) is 0.0800. The van der Waals surface area contributed by atoms with Crippen molar-refractivity contribution in [3.63, 3.8) is 0 Å². The summed E-state index contributed by atoms with van der Waals surface area (Å²) in [6.07, 6.45) is 0. The Morgan fingerprint density at radius 2 is 1.13 bits per heavy atom. The van der Waals surface area contributed by atoms with E-state index in [0.717, 1.165) is 5.69 Å². The van der Waals surface area contributed by atoms with Gasteiger partial charge in [0.15, 0.2) is 0 Å². The number of hydrogen-bond donors (Lipinski definition) is 0. The van der Waals surface area contributed by atoms with Crippen molar-refractivity contribution in [1.82, 2.24) is 0 Å². The third-order valence-corrected chi connectivity index (χ3v) is 12.3. The van der Waals surface area contributed by atoms with Gasteiger partial charge in [0.25, 0.3) is 0 Å². The Morgan fingerprint density at radius 3 is 2.02 bits per heavy atom. The molecule has 0 saturated carbocycles.